The highest BCUT2D eigenvalue weighted by molar-refractivity contribution is 7.99. The third kappa shape index (κ3) is 5.05. The van der Waals surface area contributed by atoms with E-state index in [9.17, 15) is 13.6 Å². The first-order valence-electron chi connectivity index (χ1n) is 9.65. The summed E-state index contributed by atoms with van der Waals surface area (Å²) in [7, 11) is 0. The number of hydrogen-bond donors (Lipinski definition) is 2. The van der Waals surface area contributed by atoms with E-state index in [1.807, 2.05) is 13.8 Å². The Morgan fingerprint density at radius 1 is 1.17 bits per heavy atom. The summed E-state index contributed by atoms with van der Waals surface area (Å²) in [5, 5.41) is 11.9. The van der Waals surface area contributed by atoms with E-state index in [0.717, 1.165) is 17.5 Å². The summed E-state index contributed by atoms with van der Waals surface area (Å²) in [4.78, 5) is 21.4. The van der Waals surface area contributed by atoms with Crippen LogP contribution in [0.15, 0.2) is 29.6 Å². The molecule has 0 aliphatic carbocycles. The lowest BCUT2D eigenvalue weighted by Gasteiger charge is -2.13. The number of hydrogen-bond acceptors (Lipinski definition) is 6. The molecule has 30 heavy (non-hydrogen) atoms. The largest absolute Gasteiger partial charge is 0.367 e. The molecule has 0 saturated carbocycles. The van der Waals surface area contributed by atoms with Gasteiger partial charge in [0.2, 0.25) is 0 Å². The molecule has 2 aromatic heterocycles. The maximum Gasteiger partial charge on any atom is 0.257 e. The second-order valence-corrected chi connectivity index (χ2v) is 8.82. The summed E-state index contributed by atoms with van der Waals surface area (Å²) in [6, 6.07) is 3.49. The molecule has 7 nitrogen and oxygen atoms in total. The fourth-order valence-electron chi connectivity index (χ4n) is 2.82. The number of carbonyl (C=O) groups excluding carboxylic acids is 1. The van der Waals surface area contributed by atoms with E-state index in [1.165, 1.54) is 17.8 Å². The van der Waals surface area contributed by atoms with Crippen molar-refractivity contribution in [3.63, 3.8) is 0 Å². The molecule has 0 aliphatic rings. The molecule has 0 bridgehead atoms. The lowest BCUT2D eigenvalue weighted by Crippen LogP contribution is -2.29. The number of nitrogens with one attached hydrogen (secondary N) is 2. The smallest absolute Gasteiger partial charge is 0.257 e. The van der Waals surface area contributed by atoms with Crippen LogP contribution in [0.5, 0.6) is 0 Å². The average Bonchev–Trinajstić information content (AvgIpc) is 3.04. The normalized spacial score (nSPS) is 11.5. The molecular formula is C20H24F2N6OS. The Hall–Kier alpha value is -2.75. The summed E-state index contributed by atoms with van der Waals surface area (Å²) in [5.74, 6) is -1.91. The fraction of sp³-hybridized carbons (Fsp3) is 0.400. The Balaban J connectivity index is 1.80. The molecule has 3 aromatic rings. The van der Waals surface area contributed by atoms with Crippen molar-refractivity contribution in [2.24, 2.45) is 0 Å². The molecule has 0 aliphatic heterocycles. The fourth-order valence-corrected chi connectivity index (χ4v) is 3.53. The zero-order valence-corrected chi connectivity index (χ0v) is 18.1. The van der Waals surface area contributed by atoms with Gasteiger partial charge in [0.1, 0.15) is 23.0 Å². The van der Waals surface area contributed by atoms with Crippen LogP contribution in [0.4, 0.5) is 14.6 Å². The second kappa shape index (κ2) is 9.38. The summed E-state index contributed by atoms with van der Waals surface area (Å²) >= 11 is 1.54. The van der Waals surface area contributed by atoms with Gasteiger partial charge in [-0.15, -0.1) is 0 Å². The number of halogens is 2. The molecule has 0 unspecified atom stereocenters. The molecule has 1 aromatic carbocycles. The van der Waals surface area contributed by atoms with Crippen molar-refractivity contribution in [3.05, 3.63) is 41.6 Å². The number of amides is 1. The van der Waals surface area contributed by atoms with Crippen molar-refractivity contribution in [1.29, 1.82) is 0 Å². The van der Waals surface area contributed by atoms with E-state index >= 15 is 0 Å². The second-order valence-electron chi connectivity index (χ2n) is 7.28. The van der Waals surface area contributed by atoms with Crippen LogP contribution in [-0.4, -0.2) is 43.5 Å². The average molecular weight is 435 g/mol. The van der Waals surface area contributed by atoms with Gasteiger partial charge in [-0.1, -0.05) is 31.7 Å². The molecule has 160 valence electrons. The molecule has 3 rings (SSSR count). The van der Waals surface area contributed by atoms with Gasteiger partial charge in [0.15, 0.2) is 10.8 Å². The van der Waals surface area contributed by atoms with Crippen LogP contribution in [0.2, 0.25) is 0 Å². The lowest BCUT2D eigenvalue weighted by molar-refractivity contribution is 0.0943. The molecule has 0 fully saturated rings. The quantitative estimate of drug-likeness (QED) is 0.414. The van der Waals surface area contributed by atoms with Gasteiger partial charge >= 0.3 is 0 Å². The van der Waals surface area contributed by atoms with E-state index in [2.05, 4.69) is 39.5 Å². The molecule has 0 saturated heterocycles. The molecule has 0 spiro atoms. The van der Waals surface area contributed by atoms with Gasteiger partial charge in [-0.2, -0.15) is 5.10 Å². The first-order chi connectivity index (χ1) is 14.3. The van der Waals surface area contributed by atoms with Crippen LogP contribution < -0.4 is 10.6 Å². The summed E-state index contributed by atoms with van der Waals surface area (Å²) in [6.45, 7) is 8.57. The SMILES string of the molecule is CC(C)Nc1nc(SC(C)C)nc2c1cnn2CCNC(=O)c1c(F)cccc1F. The van der Waals surface area contributed by atoms with E-state index in [0.29, 0.717) is 21.9 Å². The van der Waals surface area contributed by atoms with Gasteiger partial charge in [0.05, 0.1) is 18.1 Å². The van der Waals surface area contributed by atoms with Crippen molar-refractivity contribution < 1.29 is 13.6 Å². The molecule has 0 atom stereocenters. The Bertz CT molecular complexity index is 1030. The van der Waals surface area contributed by atoms with Crippen LogP contribution >= 0.6 is 11.8 Å². The molecule has 2 heterocycles. The first kappa shape index (κ1) is 21.9. The van der Waals surface area contributed by atoms with Gasteiger partial charge < -0.3 is 10.6 Å². The number of thioether (sulfide) groups is 1. The maximum atomic E-state index is 13.8. The summed E-state index contributed by atoms with van der Waals surface area (Å²) in [5.41, 5.74) is 0.0341. The van der Waals surface area contributed by atoms with Crippen molar-refractivity contribution in [1.82, 2.24) is 25.1 Å². The number of anilines is 1. The molecule has 10 heteroatoms. The lowest BCUT2D eigenvalue weighted by atomic mass is 10.2. The van der Waals surface area contributed by atoms with Crippen molar-refractivity contribution in [2.75, 3.05) is 11.9 Å². The van der Waals surface area contributed by atoms with Gasteiger partial charge in [-0.25, -0.2) is 23.4 Å². The summed E-state index contributed by atoms with van der Waals surface area (Å²) in [6.07, 6.45) is 1.67. The zero-order chi connectivity index (χ0) is 21.8. The Morgan fingerprint density at radius 3 is 2.50 bits per heavy atom. The van der Waals surface area contributed by atoms with Crippen molar-refractivity contribution in [3.8, 4) is 0 Å². The highest BCUT2D eigenvalue weighted by Crippen LogP contribution is 2.26. The first-order valence-corrected chi connectivity index (χ1v) is 10.5. The van der Waals surface area contributed by atoms with Crippen LogP contribution in [0, 0.1) is 11.6 Å². The molecule has 0 radical (unpaired) electrons. The molecule has 2 N–H and O–H groups in total. The highest BCUT2D eigenvalue weighted by atomic mass is 32.2. The van der Waals surface area contributed by atoms with Gasteiger partial charge in [0, 0.05) is 17.8 Å². The van der Waals surface area contributed by atoms with E-state index < -0.39 is 23.1 Å². The minimum atomic E-state index is -0.899. The zero-order valence-electron chi connectivity index (χ0n) is 17.2. The minimum absolute atomic E-state index is 0.132. The van der Waals surface area contributed by atoms with Crippen LogP contribution in [0.25, 0.3) is 11.0 Å². The predicted octanol–water partition coefficient (Wildman–Crippen LogP) is 3.86. The Kier molecular flexibility index (Phi) is 6.86. The Morgan fingerprint density at radius 2 is 1.87 bits per heavy atom. The third-order valence-electron chi connectivity index (χ3n) is 4.04. The highest BCUT2D eigenvalue weighted by Gasteiger charge is 2.18. The number of fused-ring (bicyclic) bond motifs is 1. The van der Waals surface area contributed by atoms with Gasteiger partial charge in [-0.3, -0.25) is 4.79 Å². The maximum absolute atomic E-state index is 13.8. The van der Waals surface area contributed by atoms with Crippen molar-refractivity contribution >= 4 is 34.5 Å². The van der Waals surface area contributed by atoms with Crippen LogP contribution in [0.3, 0.4) is 0 Å². The monoisotopic (exact) mass is 434 g/mol. The van der Waals surface area contributed by atoms with Crippen molar-refractivity contribution in [2.45, 2.75) is 50.7 Å². The Labute approximate surface area is 177 Å². The topological polar surface area (TPSA) is 84.7 Å². The minimum Gasteiger partial charge on any atom is -0.367 e. The van der Waals surface area contributed by atoms with E-state index in [4.69, 9.17) is 0 Å². The van der Waals surface area contributed by atoms with Crippen LogP contribution in [-0.2, 0) is 6.54 Å². The van der Waals surface area contributed by atoms with Gasteiger partial charge in [-0.05, 0) is 26.0 Å². The molecular weight excluding hydrogens is 410 g/mol. The van der Waals surface area contributed by atoms with E-state index in [1.54, 1.807) is 10.9 Å². The number of benzene rings is 1. The van der Waals surface area contributed by atoms with Crippen LogP contribution in [0.1, 0.15) is 38.1 Å². The van der Waals surface area contributed by atoms with E-state index in [-0.39, 0.29) is 19.1 Å². The molecule has 1 amide bonds. The van der Waals surface area contributed by atoms with Gasteiger partial charge in [0.25, 0.3) is 5.91 Å². The number of nitrogens with zero attached hydrogens (tertiary/aromatic N) is 4. The number of aromatic nitrogens is 4. The standard InChI is InChI=1S/C20H24F2N6OS/c1-11(2)25-17-13-10-24-28(18(13)27-20(26-17)30-12(3)4)9-8-23-19(29)16-14(21)6-5-7-15(16)22/h5-7,10-12H,8-9H2,1-4H3,(H,23,29)(H,25,26,27). The number of carbonyl (C=O) groups is 1. The number of rotatable bonds is 8. The third-order valence-corrected chi connectivity index (χ3v) is 4.91. The predicted molar refractivity (Wildman–Crippen MR) is 114 cm³/mol. The summed E-state index contributed by atoms with van der Waals surface area (Å²) < 4.78 is 29.2.